The summed E-state index contributed by atoms with van der Waals surface area (Å²) in [7, 11) is -2.23. The summed E-state index contributed by atoms with van der Waals surface area (Å²) in [6.07, 6.45) is 0. The molecule has 0 unspecified atom stereocenters. The Hall–Kier alpha value is -1.84. The maximum absolute atomic E-state index is 12.3. The number of hydrogen-bond donors (Lipinski definition) is 3. The van der Waals surface area contributed by atoms with Gasteiger partial charge in [0, 0.05) is 37.6 Å². The van der Waals surface area contributed by atoms with Crippen molar-refractivity contribution >= 4 is 57.0 Å². The zero-order valence-corrected chi connectivity index (χ0v) is 20.7. The van der Waals surface area contributed by atoms with Gasteiger partial charge in [0.2, 0.25) is 10.0 Å². The summed E-state index contributed by atoms with van der Waals surface area (Å²) in [4.78, 5) is 18.6. The van der Waals surface area contributed by atoms with E-state index >= 15 is 0 Å². The number of halogens is 1. The number of nitrogens with zero attached hydrogens (tertiary/aromatic N) is 3. The van der Waals surface area contributed by atoms with E-state index in [1.165, 1.54) is 18.2 Å². The molecular formula is C17H25IN6O4S2. The Kier molecular flexibility index (Phi) is 10.6. The SMILES string of the molecule is CN=C(NCCNS(=O)(=O)c1cccc([N+](=O)[O-])c1)NCc1nc(C(C)C)cs1.I. The second-order valence-corrected chi connectivity index (χ2v) is 9.04. The minimum absolute atomic E-state index is 0. The first kappa shape index (κ1) is 26.2. The number of guanidine groups is 1. The lowest BCUT2D eigenvalue weighted by atomic mass is 10.2. The summed E-state index contributed by atoms with van der Waals surface area (Å²) in [5.74, 6) is 0.886. The predicted molar refractivity (Wildman–Crippen MR) is 128 cm³/mol. The number of nitrogens with one attached hydrogen (secondary N) is 3. The summed E-state index contributed by atoms with van der Waals surface area (Å²) in [6.45, 7) is 5.04. The summed E-state index contributed by atoms with van der Waals surface area (Å²) in [6, 6.07) is 4.90. The van der Waals surface area contributed by atoms with Gasteiger partial charge in [-0.3, -0.25) is 15.1 Å². The molecule has 0 saturated carbocycles. The van der Waals surface area contributed by atoms with Gasteiger partial charge in [-0.1, -0.05) is 19.9 Å². The quantitative estimate of drug-likeness (QED) is 0.106. The van der Waals surface area contributed by atoms with Crippen LogP contribution in [0.15, 0.2) is 39.5 Å². The van der Waals surface area contributed by atoms with Crippen molar-refractivity contribution in [3.63, 3.8) is 0 Å². The van der Waals surface area contributed by atoms with E-state index in [0.717, 1.165) is 16.8 Å². The first-order valence-electron chi connectivity index (χ1n) is 8.86. The third-order valence-electron chi connectivity index (χ3n) is 3.84. The smallest absolute Gasteiger partial charge is 0.270 e. The van der Waals surface area contributed by atoms with Crippen LogP contribution in [-0.2, 0) is 16.6 Å². The highest BCUT2D eigenvalue weighted by Crippen LogP contribution is 2.18. The van der Waals surface area contributed by atoms with Crippen LogP contribution in [0.25, 0.3) is 0 Å². The Morgan fingerprint density at radius 1 is 1.30 bits per heavy atom. The van der Waals surface area contributed by atoms with Gasteiger partial charge in [-0.15, -0.1) is 35.3 Å². The molecule has 0 radical (unpaired) electrons. The van der Waals surface area contributed by atoms with Crippen molar-refractivity contribution in [2.45, 2.75) is 31.2 Å². The highest BCUT2D eigenvalue weighted by atomic mass is 127. The average Bonchev–Trinajstić information content (AvgIpc) is 3.17. The van der Waals surface area contributed by atoms with Gasteiger partial charge in [-0.05, 0) is 12.0 Å². The van der Waals surface area contributed by atoms with Crippen molar-refractivity contribution in [2.75, 3.05) is 20.1 Å². The molecule has 13 heteroatoms. The van der Waals surface area contributed by atoms with E-state index in [0.29, 0.717) is 18.4 Å². The lowest BCUT2D eigenvalue weighted by molar-refractivity contribution is -0.385. The van der Waals surface area contributed by atoms with Crippen molar-refractivity contribution in [3.05, 3.63) is 50.5 Å². The fourth-order valence-electron chi connectivity index (χ4n) is 2.27. The van der Waals surface area contributed by atoms with Gasteiger partial charge < -0.3 is 10.6 Å². The standard InChI is InChI=1S/C17H24N6O4S2.HI/c1-12(2)15-11-28-16(22-15)10-20-17(18-3)19-7-8-21-29(26,27)14-6-4-5-13(9-14)23(24)25;/h4-6,9,11-12,21H,7-8,10H2,1-3H3,(H2,18,19,20);1H. The van der Waals surface area contributed by atoms with E-state index in [2.05, 4.69) is 39.2 Å². The van der Waals surface area contributed by atoms with Crippen LogP contribution < -0.4 is 15.4 Å². The Labute approximate surface area is 196 Å². The Bertz CT molecular complexity index is 978. The minimum atomic E-state index is -3.84. The van der Waals surface area contributed by atoms with Gasteiger partial charge in [0.05, 0.1) is 22.1 Å². The molecule has 2 rings (SSSR count). The Balaban J connectivity index is 0.00000450. The van der Waals surface area contributed by atoms with E-state index in [4.69, 9.17) is 0 Å². The highest BCUT2D eigenvalue weighted by Gasteiger charge is 2.17. The molecule has 0 bridgehead atoms. The molecule has 3 N–H and O–H groups in total. The van der Waals surface area contributed by atoms with E-state index in [1.54, 1.807) is 18.4 Å². The number of sulfonamides is 1. The van der Waals surface area contributed by atoms with E-state index in [-0.39, 0.29) is 47.6 Å². The van der Waals surface area contributed by atoms with E-state index < -0.39 is 14.9 Å². The largest absolute Gasteiger partial charge is 0.355 e. The number of non-ortho nitro benzene ring substituents is 1. The van der Waals surface area contributed by atoms with Crippen LogP contribution in [0.5, 0.6) is 0 Å². The highest BCUT2D eigenvalue weighted by molar-refractivity contribution is 14.0. The van der Waals surface area contributed by atoms with E-state index in [1.807, 2.05) is 5.38 Å². The summed E-state index contributed by atoms with van der Waals surface area (Å²) in [5, 5.41) is 19.9. The van der Waals surface area contributed by atoms with Crippen molar-refractivity contribution in [3.8, 4) is 0 Å². The van der Waals surface area contributed by atoms with Crippen LogP contribution in [0.1, 0.15) is 30.5 Å². The number of aliphatic imine (C=N–C) groups is 1. The molecular weight excluding hydrogens is 543 g/mol. The van der Waals surface area contributed by atoms with Crippen molar-refractivity contribution in [1.82, 2.24) is 20.3 Å². The molecule has 10 nitrogen and oxygen atoms in total. The molecule has 0 amide bonds. The number of nitro groups is 1. The molecule has 0 saturated heterocycles. The van der Waals surface area contributed by atoms with Crippen molar-refractivity contribution < 1.29 is 13.3 Å². The molecule has 0 aliphatic rings. The Morgan fingerprint density at radius 3 is 2.63 bits per heavy atom. The topological polar surface area (TPSA) is 139 Å². The van der Waals surface area contributed by atoms with Crippen LogP contribution >= 0.6 is 35.3 Å². The number of benzene rings is 1. The van der Waals surface area contributed by atoms with Crippen LogP contribution in [-0.4, -0.2) is 44.4 Å². The summed E-state index contributed by atoms with van der Waals surface area (Å²) < 4.78 is 27.0. The third kappa shape index (κ3) is 7.77. The second kappa shape index (κ2) is 12.1. The molecule has 1 heterocycles. The molecule has 1 aromatic heterocycles. The maximum Gasteiger partial charge on any atom is 0.270 e. The number of hydrogen-bond acceptors (Lipinski definition) is 7. The zero-order valence-electron chi connectivity index (χ0n) is 16.8. The van der Waals surface area contributed by atoms with Crippen LogP contribution in [0.3, 0.4) is 0 Å². The van der Waals surface area contributed by atoms with Gasteiger partial charge in [0.1, 0.15) is 5.01 Å². The fourth-order valence-corrected chi connectivity index (χ4v) is 4.23. The number of rotatable bonds is 9. The van der Waals surface area contributed by atoms with Gasteiger partial charge in [-0.25, -0.2) is 18.1 Å². The molecule has 0 aliphatic heterocycles. The van der Waals surface area contributed by atoms with Gasteiger partial charge in [-0.2, -0.15) is 0 Å². The molecule has 166 valence electrons. The zero-order chi connectivity index (χ0) is 21.4. The van der Waals surface area contributed by atoms with Gasteiger partial charge >= 0.3 is 0 Å². The first-order valence-corrected chi connectivity index (χ1v) is 11.2. The van der Waals surface area contributed by atoms with Gasteiger partial charge in [0.25, 0.3) is 5.69 Å². The summed E-state index contributed by atoms with van der Waals surface area (Å²) >= 11 is 1.57. The monoisotopic (exact) mass is 568 g/mol. The van der Waals surface area contributed by atoms with Crippen LogP contribution in [0, 0.1) is 10.1 Å². The lowest BCUT2D eigenvalue weighted by Gasteiger charge is -2.12. The third-order valence-corrected chi connectivity index (χ3v) is 6.17. The molecule has 30 heavy (non-hydrogen) atoms. The lowest BCUT2D eigenvalue weighted by Crippen LogP contribution is -2.41. The van der Waals surface area contributed by atoms with E-state index in [9.17, 15) is 18.5 Å². The predicted octanol–water partition coefficient (Wildman–Crippen LogP) is 2.44. The molecule has 0 atom stereocenters. The second-order valence-electron chi connectivity index (χ2n) is 6.33. The van der Waals surface area contributed by atoms with Crippen molar-refractivity contribution in [1.29, 1.82) is 0 Å². The molecule has 2 aromatic rings. The normalized spacial score (nSPS) is 11.8. The average molecular weight is 568 g/mol. The Morgan fingerprint density at radius 2 is 2.03 bits per heavy atom. The number of nitro benzene ring substituents is 1. The van der Waals surface area contributed by atoms with Crippen LogP contribution in [0.4, 0.5) is 5.69 Å². The van der Waals surface area contributed by atoms with Crippen molar-refractivity contribution in [2.24, 2.45) is 4.99 Å². The molecule has 0 spiro atoms. The molecule has 0 aliphatic carbocycles. The molecule has 1 aromatic carbocycles. The molecule has 0 fully saturated rings. The maximum atomic E-state index is 12.3. The number of thiazole rings is 1. The summed E-state index contributed by atoms with van der Waals surface area (Å²) in [5.41, 5.74) is 0.767. The van der Waals surface area contributed by atoms with Gasteiger partial charge in [0.15, 0.2) is 5.96 Å². The fraction of sp³-hybridized carbons (Fsp3) is 0.412. The first-order chi connectivity index (χ1) is 13.7. The minimum Gasteiger partial charge on any atom is -0.355 e. The number of aromatic nitrogens is 1. The van der Waals surface area contributed by atoms with Crippen LogP contribution in [0.2, 0.25) is 0 Å².